The molecule has 1 atom stereocenters. The fourth-order valence-corrected chi connectivity index (χ4v) is 4.69. The number of aryl methyl sites for hydroxylation is 2. The summed E-state index contributed by atoms with van der Waals surface area (Å²) in [6.07, 6.45) is -2.49. The first-order valence-electron chi connectivity index (χ1n) is 10.0. The summed E-state index contributed by atoms with van der Waals surface area (Å²) in [5.41, 5.74) is 1.04. The van der Waals surface area contributed by atoms with Gasteiger partial charge < -0.3 is 9.88 Å². The number of carbonyl (C=O) groups excluding carboxylic acids is 3. The summed E-state index contributed by atoms with van der Waals surface area (Å²) < 4.78 is 39.6. The van der Waals surface area contributed by atoms with E-state index in [0.717, 1.165) is 27.0 Å². The average Bonchev–Trinajstić information content (AvgIpc) is 3.10. The molecule has 1 aromatic heterocycles. The van der Waals surface area contributed by atoms with E-state index < -0.39 is 42.5 Å². The van der Waals surface area contributed by atoms with Crippen molar-refractivity contribution in [1.29, 1.82) is 0 Å². The summed E-state index contributed by atoms with van der Waals surface area (Å²) in [5.74, 6) is -1.08. The Labute approximate surface area is 177 Å². The van der Waals surface area contributed by atoms with Gasteiger partial charge in [-0.3, -0.25) is 14.5 Å². The van der Waals surface area contributed by atoms with Crippen LogP contribution >= 0.6 is 0 Å². The van der Waals surface area contributed by atoms with E-state index >= 15 is 0 Å². The highest BCUT2D eigenvalue weighted by atomic mass is 19.4. The number of ketones is 1. The number of halogens is 3. The number of aromatic nitrogens is 1. The zero-order valence-corrected chi connectivity index (χ0v) is 17.2. The van der Waals surface area contributed by atoms with Crippen molar-refractivity contribution in [2.75, 3.05) is 6.54 Å². The number of hydrogen-bond acceptors (Lipinski definition) is 3. The fourth-order valence-electron chi connectivity index (χ4n) is 4.69. The molecule has 31 heavy (non-hydrogen) atoms. The van der Waals surface area contributed by atoms with E-state index in [2.05, 4.69) is 5.32 Å². The summed E-state index contributed by atoms with van der Waals surface area (Å²) in [6, 6.07) is 8.10. The number of carbonyl (C=O) groups is 3. The molecular formula is C22H22F3N3O3. The highest BCUT2D eigenvalue weighted by Crippen LogP contribution is 2.40. The first-order valence-corrected chi connectivity index (χ1v) is 10.0. The monoisotopic (exact) mass is 433 g/mol. The maximum atomic E-state index is 13.3. The van der Waals surface area contributed by atoms with Crippen LogP contribution in [0.15, 0.2) is 30.3 Å². The Morgan fingerprint density at radius 1 is 1.19 bits per heavy atom. The number of hydrogen-bond donors (Lipinski definition) is 1. The first-order chi connectivity index (χ1) is 14.5. The van der Waals surface area contributed by atoms with Crippen molar-refractivity contribution in [3.63, 3.8) is 0 Å². The quantitative estimate of drug-likeness (QED) is 0.591. The molecule has 1 fully saturated rings. The number of amides is 3. The van der Waals surface area contributed by atoms with Gasteiger partial charge in [-0.05, 0) is 50.3 Å². The van der Waals surface area contributed by atoms with Crippen molar-refractivity contribution < 1.29 is 27.6 Å². The maximum absolute atomic E-state index is 13.3. The van der Waals surface area contributed by atoms with Gasteiger partial charge in [0.15, 0.2) is 5.78 Å². The van der Waals surface area contributed by atoms with Gasteiger partial charge in [0.05, 0.1) is 6.54 Å². The van der Waals surface area contributed by atoms with Crippen LogP contribution in [0.2, 0.25) is 0 Å². The van der Waals surface area contributed by atoms with E-state index in [1.165, 1.54) is 19.9 Å². The van der Waals surface area contributed by atoms with E-state index in [1.54, 1.807) is 6.07 Å². The molecule has 0 saturated carbocycles. The second-order valence-corrected chi connectivity index (χ2v) is 8.15. The van der Waals surface area contributed by atoms with Crippen LogP contribution in [0.1, 0.15) is 45.7 Å². The number of fused-ring (bicyclic) bond motifs is 2. The molecule has 2 aromatic rings. The second kappa shape index (κ2) is 7.25. The van der Waals surface area contributed by atoms with Crippen LogP contribution in [0, 0.1) is 13.8 Å². The second-order valence-electron chi connectivity index (χ2n) is 8.15. The number of imide groups is 1. The van der Waals surface area contributed by atoms with Crippen molar-refractivity contribution in [2.24, 2.45) is 0 Å². The van der Waals surface area contributed by atoms with Gasteiger partial charge in [0.25, 0.3) is 5.91 Å². The molecule has 1 saturated heterocycles. The lowest BCUT2D eigenvalue weighted by molar-refractivity contribution is -0.141. The van der Waals surface area contributed by atoms with Gasteiger partial charge in [0.1, 0.15) is 12.1 Å². The van der Waals surface area contributed by atoms with Gasteiger partial charge >= 0.3 is 12.2 Å². The zero-order valence-electron chi connectivity index (χ0n) is 17.2. The summed E-state index contributed by atoms with van der Waals surface area (Å²) >= 11 is 0. The van der Waals surface area contributed by atoms with Gasteiger partial charge in [-0.1, -0.05) is 24.3 Å². The molecule has 1 aliphatic heterocycles. The highest BCUT2D eigenvalue weighted by Gasteiger charge is 2.54. The van der Waals surface area contributed by atoms with Crippen LogP contribution in [0.4, 0.5) is 18.0 Å². The minimum Gasteiger partial charge on any atom is -0.339 e. The van der Waals surface area contributed by atoms with Crippen LogP contribution in [-0.2, 0) is 23.3 Å². The van der Waals surface area contributed by atoms with Crippen molar-refractivity contribution in [3.05, 3.63) is 58.4 Å². The lowest BCUT2D eigenvalue weighted by atomic mass is 9.76. The van der Waals surface area contributed by atoms with Crippen LogP contribution in [0.25, 0.3) is 0 Å². The Hall–Kier alpha value is -3.10. The summed E-state index contributed by atoms with van der Waals surface area (Å²) in [4.78, 5) is 39.7. The van der Waals surface area contributed by atoms with Crippen molar-refractivity contribution in [3.8, 4) is 0 Å². The molecule has 6 nitrogen and oxygen atoms in total. The SMILES string of the molecule is Cc1cc(C(=O)CN2C(=O)NC3(CCCc4ccccc43)C2=O)c(C)n1CC(F)(F)F. The smallest absolute Gasteiger partial charge is 0.339 e. The van der Waals surface area contributed by atoms with Gasteiger partial charge in [-0.25, -0.2) is 4.79 Å². The van der Waals surface area contributed by atoms with E-state index in [-0.39, 0.29) is 17.0 Å². The van der Waals surface area contributed by atoms with Gasteiger partial charge in [0.2, 0.25) is 0 Å². The van der Waals surface area contributed by atoms with E-state index in [1.807, 2.05) is 18.2 Å². The van der Waals surface area contributed by atoms with E-state index in [4.69, 9.17) is 0 Å². The minimum absolute atomic E-state index is 0.0762. The van der Waals surface area contributed by atoms with Gasteiger partial charge in [-0.2, -0.15) is 13.2 Å². The Kier molecular flexibility index (Phi) is 4.94. The third-order valence-electron chi connectivity index (χ3n) is 6.16. The number of Topliss-reactive ketones (excluding diaryl/α,β-unsaturated/α-hetero) is 1. The molecular weight excluding hydrogens is 411 g/mol. The number of rotatable bonds is 4. The molecule has 2 heterocycles. The molecule has 164 valence electrons. The lowest BCUT2D eigenvalue weighted by Gasteiger charge is -2.33. The third kappa shape index (κ3) is 3.51. The predicted molar refractivity (Wildman–Crippen MR) is 106 cm³/mol. The van der Waals surface area contributed by atoms with Crippen LogP contribution < -0.4 is 5.32 Å². The number of urea groups is 1. The first kappa shape index (κ1) is 21.1. The normalized spacial score (nSPS) is 20.9. The maximum Gasteiger partial charge on any atom is 0.406 e. The van der Waals surface area contributed by atoms with Crippen LogP contribution in [0.5, 0.6) is 0 Å². The van der Waals surface area contributed by atoms with Crippen molar-refractivity contribution >= 4 is 17.7 Å². The number of benzene rings is 1. The molecule has 0 radical (unpaired) electrons. The molecule has 9 heteroatoms. The molecule has 4 rings (SSSR count). The molecule has 2 aliphatic rings. The average molecular weight is 433 g/mol. The number of alkyl halides is 3. The molecule has 1 spiro atoms. The minimum atomic E-state index is -4.43. The van der Waals surface area contributed by atoms with E-state index in [9.17, 15) is 27.6 Å². The van der Waals surface area contributed by atoms with Crippen molar-refractivity contribution in [2.45, 2.75) is 51.4 Å². The predicted octanol–water partition coefficient (Wildman–Crippen LogP) is 3.63. The summed E-state index contributed by atoms with van der Waals surface area (Å²) in [5, 5.41) is 2.78. The fraction of sp³-hybridized carbons (Fsp3) is 0.409. The third-order valence-corrected chi connectivity index (χ3v) is 6.16. The summed E-state index contributed by atoms with van der Waals surface area (Å²) in [6.45, 7) is 1.18. The van der Waals surface area contributed by atoms with Crippen LogP contribution in [-0.4, -0.2) is 39.9 Å². The Morgan fingerprint density at radius 2 is 1.90 bits per heavy atom. The van der Waals surface area contributed by atoms with Gasteiger partial charge in [-0.15, -0.1) is 0 Å². The molecule has 3 amide bonds. The largest absolute Gasteiger partial charge is 0.406 e. The molecule has 1 N–H and O–H groups in total. The number of nitrogens with one attached hydrogen (secondary N) is 1. The Balaban J connectivity index is 1.60. The number of nitrogens with zero attached hydrogens (tertiary/aromatic N) is 2. The van der Waals surface area contributed by atoms with Crippen LogP contribution in [0.3, 0.4) is 0 Å². The molecule has 1 aliphatic carbocycles. The topological polar surface area (TPSA) is 71.4 Å². The lowest BCUT2D eigenvalue weighted by Crippen LogP contribution is -2.46. The van der Waals surface area contributed by atoms with Gasteiger partial charge in [0, 0.05) is 17.0 Å². The molecule has 0 bridgehead atoms. The van der Waals surface area contributed by atoms with Crippen molar-refractivity contribution in [1.82, 2.24) is 14.8 Å². The zero-order chi connectivity index (χ0) is 22.6. The highest BCUT2D eigenvalue weighted by molar-refractivity contribution is 6.11. The molecule has 1 unspecified atom stereocenters. The summed E-state index contributed by atoms with van der Waals surface area (Å²) in [7, 11) is 0. The standard InChI is InChI=1S/C22H22F3N3O3/c1-13-10-16(14(2)28(13)12-22(23,24)25)18(29)11-27-19(30)21(26-20(27)31)9-5-7-15-6-3-4-8-17(15)21/h3-4,6,8,10H,5,7,9,11-12H2,1-2H3,(H,26,31). The Morgan fingerprint density at radius 3 is 2.61 bits per heavy atom. The Bertz CT molecular complexity index is 1090. The molecule has 1 aromatic carbocycles. The van der Waals surface area contributed by atoms with E-state index in [0.29, 0.717) is 12.8 Å².